The molecule has 3 aromatic rings. The zero-order valence-electron chi connectivity index (χ0n) is 15.6. The van der Waals surface area contributed by atoms with E-state index in [-0.39, 0.29) is 21.3 Å². The molecular formula is C21H16N6O2S. The molecule has 0 aliphatic heterocycles. The molecular weight excluding hydrogens is 400 g/mol. The number of benzene rings is 2. The van der Waals surface area contributed by atoms with Crippen LogP contribution in [0.5, 0.6) is 0 Å². The first-order valence-electron chi connectivity index (χ1n) is 8.75. The van der Waals surface area contributed by atoms with Crippen LogP contribution in [0, 0.1) is 22.8 Å². The number of nitriles is 2. The Balaban J connectivity index is 1.71. The van der Waals surface area contributed by atoms with Crippen LogP contribution in [-0.4, -0.2) is 19.4 Å². The van der Waals surface area contributed by atoms with Crippen molar-refractivity contribution in [1.82, 2.24) is 10.3 Å². The van der Waals surface area contributed by atoms with Crippen LogP contribution in [0.25, 0.3) is 0 Å². The Kier molecular flexibility index (Phi) is 6.38. The van der Waals surface area contributed by atoms with E-state index in [2.05, 4.69) is 20.6 Å². The lowest BCUT2D eigenvalue weighted by Crippen LogP contribution is -2.30. The number of pyridine rings is 1. The molecule has 0 bridgehead atoms. The van der Waals surface area contributed by atoms with Crippen molar-refractivity contribution < 1.29 is 8.42 Å². The largest absolute Gasteiger partial charge is 0.351 e. The fraction of sp³-hybridized carbons (Fsp3) is 0.0476. The highest BCUT2D eigenvalue weighted by Crippen LogP contribution is 2.22. The fourth-order valence-corrected chi connectivity index (χ4v) is 3.88. The van der Waals surface area contributed by atoms with E-state index in [1.807, 2.05) is 6.07 Å². The molecule has 8 nitrogen and oxygen atoms in total. The molecule has 0 saturated heterocycles. The average molecular weight is 416 g/mol. The third-order valence-corrected chi connectivity index (χ3v) is 5.84. The maximum atomic E-state index is 12.8. The minimum Gasteiger partial charge on any atom is -0.351 e. The molecule has 0 spiro atoms. The van der Waals surface area contributed by atoms with Gasteiger partial charge in [0.25, 0.3) is 0 Å². The van der Waals surface area contributed by atoms with Gasteiger partial charge in [-0.05, 0) is 48.0 Å². The Morgan fingerprint density at radius 3 is 2.40 bits per heavy atom. The highest BCUT2D eigenvalue weighted by Gasteiger charge is 2.17. The van der Waals surface area contributed by atoms with Crippen LogP contribution in [0.4, 0.5) is 5.69 Å². The number of guanidine groups is 1. The van der Waals surface area contributed by atoms with Crippen molar-refractivity contribution in [2.75, 3.05) is 5.32 Å². The number of anilines is 1. The maximum Gasteiger partial charge on any atom is 0.212 e. The summed E-state index contributed by atoms with van der Waals surface area (Å²) in [6.45, 7) is 0.322. The molecule has 0 aliphatic carbocycles. The Bertz CT molecular complexity index is 1240. The predicted octanol–water partition coefficient (Wildman–Crippen LogP) is 2.82. The third-order valence-electron chi connectivity index (χ3n) is 4.07. The van der Waals surface area contributed by atoms with Gasteiger partial charge in [0.2, 0.25) is 22.0 Å². The fourth-order valence-electron chi connectivity index (χ4n) is 2.57. The summed E-state index contributed by atoms with van der Waals surface area (Å²) in [5.41, 5.74) is 1.79. The third kappa shape index (κ3) is 4.98. The summed E-state index contributed by atoms with van der Waals surface area (Å²) in [6.07, 6.45) is 4.94. The molecule has 2 aromatic carbocycles. The van der Waals surface area contributed by atoms with Gasteiger partial charge in [0.1, 0.15) is 0 Å². The Hall–Kier alpha value is -4.21. The predicted molar refractivity (Wildman–Crippen MR) is 111 cm³/mol. The van der Waals surface area contributed by atoms with E-state index in [4.69, 9.17) is 10.5 Å². The monoisotopic (exact) mass is 416 g/mol. The number of hydrogen-bond donors (Lipinski definition) is 2. The van der Waals surface area contributed by atoms with Crippen LogP contribution >= 0.6 is 0 Å². The van der Waals surface area contributed by atoms with Gasteiger partial charge in [0, 0.05) is 24.6 Å². The molecule has 9 heteroatoms. The summed E-state index contributed by atoms with van der Waals surface area (Å²) in [7, 11) is -3.73. The number of aromatic nitrogens is 1. The molecule has 0 unspecified atom stereocenters. The molecule has 1 aromatic heterocycles. The second kappa shape index (κ2) is 9.32. The zero-order chi connectivity index (χ0) is 21.4. The first kappa shape index (κ1) is 20.5. The minimum absolute atomic E-state index is 0.0671. The Morgan fingerprint density at radius 2 is 1.73 bits per heavy atom. The topological polar surface area (TPSA) is 131 Å². The Labute approximate surface area is 174 Å². The van der Waals surface area contributed by atoms with Crippen molar-refractivity contribution >= 4 is 21.5 Å². The molecule has 0 saturated carbocycles. The molecule has 148 valence electrons. The van der Waals surface area contributed by atoms with Crippen LogP contribution in [0.3, 0.4) is 0 Å². The van der Waals surface area contributed by atoms with E-state index in [1.54, 1.807) is 48.9 Å². The second-order valence-corrected chi connectivity index (χ2v) is 8.01. The number of hydrogen-bond acceptors (Lipinski definition) is 6. The van der Waals surface area contributed by atoms with Gasteiger partial charge in [0.05, 0.1) is 21.4 Å². The van der Waals surface area contributed by atoms with Crippen LogP contribution in [0.15, 0.2) is 87.8 Å². The standard InChI is InChI=1S/C21H16N6O2S/c22-13-17-2-1-3-20(12-17)30(28,29)19-6-4-16(5-7-19)14-25-21(26-15-23)27-18-8-10-24-11-9-18/h1-12H,14H2,(H2,24,25,26,27). The lowest BCUT2D eigenvalue weighted by molar-refractivity contribution is 0.596. The van der Waals surface area contributed by atoms with Gasteiger partial charge in [-0.25, -0.2) is 8.42 Å². The first-order valence-corrected chi connectivity index (χ1v) is 10.2. The van der Waals surface area contributed by atoms with Gasteiger partial charge >= 0.3 is 0 Å². The van der Waals surface area contributed by atoms with Gasteiger partial charge in [-0.3, -0.25) is 4.98 Å². The lowest BCUT2D eigenvalue weighted by atomic mass is 10.2. The molecule has 1 heterocycles. The van der Waals surface area contributed by atoms with Gasteiger partial charge in [-0.1, -0.05) is 18.2 Å². The van der Waals surface area contributed by atoms with E-state index < -0.39 is 9.84 Å². The average Bonchev–Trinajstić information content (AvgIpc) is 2.78. The van der Waals surface area contributed by atoms with Gasteiger partial charge in [-0.15, -0.1) is 4.99 Å². The minimum atomic E-state index is -3.73. The molecule has 2 N–H and O–H groups in total. The highest BCUT2D eigenvalue weighted by molar-refractivity contribution is 7.91. The molecule has 30 heavy (non-hydrogen) atoms. The quantitative estimate of drug-likeness (QED) is 0.371. The summed E-state index contributed by atoms with van der Waals surface area (Å²) in [5.74, 6) is 0.258. The highest BCUT2D eigenvalue weighted by atomic mass is 32.2. The van der Waals surface area contributed by atoms with Gasteiger partial charge in [-0.2, -0.15) is 10.5 Å². The van der Waals surface area contributed by atoms with Crippen molar-refractivity contribution in [3.63, 3.8) is 0 Å². The molecule has 0 radical (unpaired) electrons. The van der Waals surface area contributed by atoms with Crippen molar-refractivity contribution in [3.05, 3.63) is 84.2 Å². The summed E-state index contributed by atoms with van der Waals surface area (Å²) in [6, 6.07) is 17.6. The van der Waals surface area contributed by atoms with Crippen molar-refractivity contribution in [2.45, 2.75) is 16.3 Å². The van der Waals surface area contributed by atoms with Crippen LogP contribution in [0.2, 0.25) is 0 Å². The first-order chi connectivity index (χ1) is 14.5. The second-order valence-electron chi connectivity index (χ2n) is 6.06. The zero-order valence-corrected chi connectivity index (χ0v) is 16.5. The van der Waals surface area contributed by atoms with Crippen molar-refractivity contribution in [3.8, 4) is 12.3 Å². The van der Waals surface area contributed by atoms with E-state index in [0.717, 1.165) is 5.56 Å². The number of rotatable bonds is 5. The molecule has 3 rings (SSSR count). The summed E-state index contributed by atoms with van der Waals surface area (Å²) in [4.78, 5) is 7.82. The van der Waals surface area contributed by atoms with Crippen LogP contribution < -0.4 is 10.6 Å². The van der Waals surface area contributed by atoms with E-state index in [0.29, 0.717) is 12.2 Å². The van der Waals surface area contributed by atoms with E-state index in [1.165, 1.54) is 30.3 Å². The lowest BCUT2D eigenvalue weighted by Gasteiger charge is -2.11. The van der Waals surface area contributed by atoms with Crippen molar-refractivity contribution in [2.24, 2.45) is 4.99 Å². The summed E-state index contributed by atoms with van der Waals surface area (Å²) in [5, 5.41) is 23.8. The Morgan fingerprint density at radius 1 is 1.00 bits per heavy atom. The smallest absolute Gasteiger partial charge is 0.212 e. The molecule has 0 atom stereocenters. The van der Waals surface area contributed by atoms with Gasteiger partial charge in [0.15, 0.2) is 0 Å². The molecule has 0 amide bonds. The number of aliphatic imine (C=N–C) groups is 1. The molecule has 0 aliphatic rings. The van der Waals surface area contributed by atoms with Gasteiger partial charge < -0.3 is 10.6 Å². The van der Waals surface area contributed by atoms with Crippen molar-refractivity contribution in [1.29, 1.82) is 10.5 Å². The maximum absolute atomic E-state index is 12.8. The normalized spacial score (nSPS) is 11.2. The van der Waals surface area contributed by atoms with Crippen LogP contribution in [0.1, 0.15) is 11.1 Å². The molecule has 0 fully saturated rings. The van der Waals surface area contributed by atoms with E-state index >= 15 is 0 Å². The van der Waals surface area contributed by atoms with E-state index in [9.17, 15) is 8.42 Å². The summed E-state index contributed by atoms with van der Waals surface area (Å²) < 4.78 is 25.5. The number of nitrogens with one attached hydrogen (secondary N) is 2. The number of sulfone groups is 1. The SMILES string of the molecule is N#CN=C(NCc1ccc(S(=O)(=O)c2cccc(C#N)c2)cc1)Nc1ccncc1. The number of nitrogens with zero attached hydrogens (tertiary/aromatic N) is 4. The summed E-state index contributed by atoms with van der Waals surface area (Å²) >= 11 is 0. The van der Waals surface area contributed by atoms with Crippen LogP contribution in [-0.2, 0) is 16.4 Å².